The molecule has 13 heavy (non-hydrogen) atoms. The molecule has 2 aliphatic rings. The molecular formula is C10H15Cl2Zr-. The Labute approximate surface area is 112 Å². The Hall–Kier alpha value is 0.943. The van der Waals surface area contributed by atoms with Gasteiger partial charge < -0.3 is 0 Å². The van der Waals surface area contributed by atoms with Gasteiger partial charge >= 0.3 is 0 Å². The molecule has 0 radical (unpaired) electrons. The van der Waals surface area contributed by atoms with Gasteiger partial charge in [0, 0.05) is 26.2 Å². The molecule has 0 spiro atoms. The third kappa shape index (κ3) is 4.32. The minimum Gasteiger partial charge on any atom is -0.269 e. The molecule has 0 aliphatic heterocycles. The second-order valence-electron chi connectivity index (χ2n) is 3.22. The topological polar surface area (TPSA) is 0 Å². The maximum absolute atomic E-state index is 3.40. The van der Waals surface area contributed by atoms with Crippen LogP contribution in [0.4, 0.5) is 0 Å². The van der Waals surface area contributed by atoms with Crippen molar-refractivity contribution in [2.24, 2.45) is 5.92 Å². The Balaban J connectivity index is 0. The molecule has 2 aliphatic carbocycles. The van der Waals surface area contributed by atoms with Gasteiger partial charge in [0.05, 0.1) is 0 Å². The standard InChI is InChI=1S/C10H13.2ClH.Zr/c1-2-6-9(5-1)10-7-3-4-8-10;;;/h1,5,10H,2-4,7-8H2;2*1H;/q-1;;;. The van der Waals surface area contributed by atoms with Crippen LogP contribution in [0, 0.1) is 12.0 Å². The summed E-state index contributed by atoms with van der Waals surface area (Å²) in [5.74, 6) is 0.874. The Morgan fingerprint density at radius 2 is 1.77 bits per heavy atom. The Bertz CT molecular complexity index is 181. The third-order valence-corrected chi connectivity index (χ3v) is 2.52. The van der Waals surface area contributed by atoms with E-state index >= 15 is 0 Å². The van der Waals surface area contributed by atoms with E-state index < -0.39 is 0 Å². The number of rotatable bonds is 1. The molecule has 0 nitrogen and oxygen atoms in total. The van der Waals surface area contributed by atoms with Crippen LogP contribution in [-0.4, -0.2) is 0 Å². The molecule has 3 heteroatoms. The molecule has 74 valence electrons. The summed E-state index contributed by atoms with van der Waals surface area (Å²) in [6.07, 6.45) is 14.6. The fourth-order valence-corrected chi connectivity index (χ4v) is 1.94. The molecular weight excluding hydrogens is 282 g/mol. The van der Waals surface area contributed by atoms with Gasteiger partial charge in [-0.1, -0.05) is 12.8 Å². The molecule has 0 saturated heterocycles. The SMILES string of the molecule is Cl.Cl.[C-]1=C(C2CCCC2)C=CC1.[Zr]. The van der Waals surface area contributed by atoms with Crippen molar-refractivity contribution in [3.05, 3.63) is 23.8 Å². The molecule has 0 heterocycles. The summed E-state index contributed by atoms with van der Waals surface area (Å²) in [4.78, 5) is 0. The first-order chi connectivity index (χ1) is 4.97. The zero-order chi connectivity index (χ0) is 6.81. The molecule has 1 fully saturated rings. The van der Waals surface area contributed by atoms with E-state index in [0.717, 1.165) is 12.3 Å². The molecule has 0 bridgehead atoms. The van der Waals surface area contributed by atoms with Crippen LogP contribution in [0.2, 0.25) is 0 Å². The number of hydrogen-bond acceptors (Lipinski definition) is 0. The summed E-state index contributed by atoms with van der Waals surface area (Å²) in [5.41, 5.74) is 1.50. The molecule has 0 amide bonds. The van der Waals surface area contributed by atoms with E-state index in [1.54, 1.807) is 0 Å². The van der Waals surface area contributed by atoms with Crippen molar-refractivity contribution in [3.63, 3.8) is 0 Å². The van der Waals surface area contributed by atoms with Crippen molar-refractivity contribution in [1.29, 1.82) is 0 Å². The van der Waals surface area contributed by atoms with E-state index in [-0.39, 0.29) is 51.0 Å². The van der Waals surface area contributed by atoms with Crippen LogP contribution in [0.1, 0.15) is 32.1 Å². The monoisotopic (exact) mass is 295 g/mol. The Morgan fingerprint density at radius 1 is 1.15 bits per heavy atom. The van der Waals surface area contributed by atoms with Gasteiger partial charge in [-0.3, -0.25) is 6.08 Å². The molecule has 0 atom stereocenters. The summed E-state index contributed by atoms with van der Waals surface area (Å²) in [6.45, 7) is 0. The minimum absolute atomic E-state index is 0. The van der Waals surface area contributed by atoms with Gasteiger partial charge in [-0.15, -0.1) is 31.2 Å². The summed E-state index contributed by atoms with van der Waals surface area (Å²) in [7, 11) is 0. The van der Waals surface area contributed by atoms with Crippen LogP contribution < -0.4 is 0 Å². The van der Waals surface area contributed by atoms with Gasteiger partial charge in [0.1, 0.15) is 0 Å². The van der Waals surface area contributed by atoms with Gasteiger partial charge in [-0.05, 0) is 18.8 Å². The summed E-state index contributed by atoms with van der Waals surface area (Å²) < 4.78 is 0. The quantitative estimate of drug-likeness (QED) is 0.647. The molecule has 1 saturated carbocycles. The normalized spacial score (nSPS) is 19.8. The second kappa shape index (κ2) is 8.27. The second-order valence-corrected chi connectivity index (χ2v) is 3.22. The van der Waals surface area contributed by atoms with Crippen LogP contribution >= 0.6 is 24.8 Å². The first-order valence-corrected chi connectivity index (χ1v) is 4.24. The number of allylic oxidation sites excluding steroid dienone is 4. The summed E-state index contributed by atoms with van der Waals surface area (Å²) in [5, 5.41) is 0. The van der Waals surface area contributed by atoms with E-state index in [4.69, 9.17) is 0 Å². The maximum Gasteiger partial charge on any atom is 0 e. The molecule has 0 N–H and O–H groups in total. The van der Waals surface area contributed by atoms with Crippen LogP contribution in [0.25, 0.3) is 0 Å². The number of halogens is 2. The fourth-order valence-electron chi connectivity index (χ4n) is 1.94. The van der Waals surface area contributed by atoms with Crippen molar-refractivity contribution in [1.82, 2.24) is 0 Å². The van der Waals surface area contributed by atoms with Gasteiger partial charge in [0.2, 0.25) is 0 Å². The van der Waals surface area contributed by atoms with Crippen molar-refractivity contribution in [2.45, 2.75) is 32.1 Å². The predicted molar refractivity (Wildman–Crippen MR) is 57.0 cm³/mol. The first-order valence-electron chi connectivity index (χ1n) is 4.24. The van der Waals surface area contributed by atoms with Crippen molar-refractivity contribution < 1.29 is 26.2 Å². The number of hydrogen-bond donors (Lipinski definition) is 0. The third-order valence-electron chi connectivity index (χ3n) is 2.52. The molecule has 0 aromatic heterocycles. The first kappa shape index (κ1) is 16.4. The smallest absolute Gasteiger partial charge is 0 e. The Morgan fingerprint density at radius 3 is 2.23 bits per heavy atom. The van der Waals surface area contributed by atoms with Gasteiger partial charge in [-0.2, -0.15) is 6.08 Å². The fraction of sp³-hybridized carbons (Fsp3) is 0.600. The molecule has 0 unspecified atom stereocenters. The van der Waals surface area contributed by atoms with Crippen LogP contribution in [0.5, 0.6) is 0 Å². The van der Waals surface area contributed by atoms with Crippen molar-refractivity contribution in [2.75, 3.05) is 0 Å². The van der Waals surface area contributed by atoms with Crippen molar-refractivity contribution in [3.8, 4) is 0 Å². The van der Waals surface area contributed by atoms with Gasteiger partial charge in [0.15, 0.2) is 0 Å². The van der Waals surface area contributed by atoms with Gasteiger partial charge in [-0.25, -0.2) is 11.6 Å². The van der Waals surface area contributed by atoms with E-state index in [9.17, 15) is 0 Å². The maximum atomic E-state index is 3.40. The Kier molecular flexibility index (Phi) is 10.4. The van der Waals surface area contributed by atoms with Crippen LogP contribution in [0.3, 0.4) is 0 Å². The van der Waals surface area contributed by atoms with Gasteiger partial charge in [0.25, 0.3) is 0 Å². The minimum atomic E-state index is 0. The summed E-state index contributed by atoms with van der Waals surface area (Å²) >= 11 is 0. The average molecular weight is 297 g/mol. The predicted octanol–water partition coefficient (Wildman–Crippen LogP) is 3.71. The molecule has 0 aromatic rings. The van der Waals surface area contributed by atoms with E-state index in [1.165, 1.54) is 31.3 Å². The van der Waals surface area contributed by atoms with Crippen LogP contribution in [-0.2, 0) is 26.2 Å². The molecule has 2 rings (SSSR count). The van der Waals surface area contributed by atoms with E-state index in [2.05, 4.69) is 18.2 Å². The van der Waals surface area contributed by atoms with Crippen molar-refractivity contribution >= 4 is 24.8 Å². The summed E-state index contributed by atoms with van der Waals surface area (Å²) in [6, 6.07) is 0. The van der Waals surface area contributed by atoms with E-state index in [0.29, 0.717) is 0 Å². The van der Waals surface area contributed by atoms with Crippen LogP contribution in [0.15, 0.2) is 17.7 Å². The largest absolute Gasteiger partial charge is 0.269 e. The van der Waals surface area contributed by atoms with E-state index in [1.807, 2.05) is 0 Å². The average Bonchev–Trinajstić information content (AvgIpc) is 2.59. The zero-order valence-electron chi connectivity index (χ0n) is 7.58. The molecule has 0 aromatic carbocycles. The zero-order valence-corrected chi connectivity index (χ0v) is 11.7.